The van der Waals surface area contributed by atoms with Gasteiger partial charge in [-0.15, -0.1) is 13.2 Å². The molecule has 2 aliphatic rings. The third-order valence-electron chi connectivity index (χ3n) is 4.87. The van der Waals surface area contributed by atoms with Gasteiger partial charge in [-0.05, 0) is 13.8 Å². The molecule has 0 unspecified atom stereocenters. The van der Waals surface area contributed by atoms with E-state index in [9.17, 15) is 26.7 Å². The van der Waals surface area contributed by atoms with E-state index in [1.54, 1.807) is 6.92 Å². The molecule has 28 heavy (non-hydrogen) atoms. The molecule has 0 spiro atoms. The van der Waals surface area contributed by atoms with Crippen molar-refractivity contribution >= 4 is 17.5 Å². The average molecular weight is 409 g/mol. The van der Waals surface area contributed by atoms with E-state index < -0.39 is 42.8 Å². The lowest BCUT2D eigenvalue weighted by Gasteiger charge is -2.46. The Hall–Kier alpha value is -2.24. The topological polar surface area (TPSA) is 70.6 Å². The molecule has 0 aromatic carbocycles. The van der Waals surface area contributed by atoms with Crippen molar-refractivity contribution < 1.29 is 31.5 Å². The summed E-state index contributed by atoms with van der Waals surface area (Å²) in [5.74, 6) is 0.166. The predicted molar refractivity (Wildman–Crippen MR) is 89.2 cm³/mol. The maximum Gasteiger partial charge on any atom is 0.522 e. The highest BCUT2D eigenvalue weighted by atomic mass is 19.4. The second kappa shape index (κ2) is 7.64. The first-order valence-electron chi connectivity index (χ1n) is 8.72. The van der Waals surface area contributed by atoms with Gasteiger partial charge in [0.15, 0.2) is 12.3 Å². The van der Waals surface area contributed by atoms with Gasteiger partial charge in [0.1, 0.15) is 30.1 Å². The summed E-state index contributed by atoms with van der Waals surface area (Å²) in [4.78, 5) is 23.1. The largest absolute Gasteiger partial charge is 0.522 e. The van der Waals surface area contributed by atoms with Gasteiger partial charge in [-0.2, -0.15) is 0 Å². The van der Waals surface area contributed by atoms with Crippen LogP contribution in [0.15, 0.2) is 12.4 Å². The molecule has 1 aromatic rings. The van der Waals surface area contributed by atoms with Crippen molar-refractivity contribution in [2.45, 2.75) is 50.7 Å². The summed E-state index contributed by atoms with van der Waals surface area (Å²) < 4.78 is 67.5. The van der Waals surface area contributed by atoms with E-state index in [2.05, 4.69) is 20.0 Å². The molecule has 0 aliphatic carbocycles. The van der Waals surface area contributed by atoms with Gasteiger partial charge in [-0.25, -0.2) is 18.7 Å². The molecule has 2 fully saturated rings. The van der Waals surface area contributed by atoms with Crippen molar-refractivity contribution in [1.82, 2.24) is 14.9 Å². The summed E-state index contributed by atoms with van der Waals surface area (Å²) in [5, 5.41) is 2.84. The Morgan fingerprint density at radius 3 is 2.46 bits per heavy atom. The number of anilines is 2. The first-order chi connectivity index (χ1) is 13.0. The van der Waals surface area contributed by atoms with E-state index in [0.29, 0.717) is 5.82 Å². The fourth-order valence-corrected chi connectivity index (χ4v) is 3.22. The minimum atomic E-state index is -4.75. The van der Waals surface area contributed by atoms with Crippen LogP contribution in [0.3, 0.4) is 0 Å². The quantitative estimate of drug-likeness (QED) is 0.750. The standard InChI is InChI=1S/C16H20F5N5O2/c1-8(15(27)26-6-12(9(26)2)28-16(19,20)21)24-13-3-14(23-7-22-13)25-4-10(17)11(18)5-25/h3,7-12H,4-6H2,1-2H3,(H,22,23,24)/t8-,9+,10-,11+,12+/m1/s1. The highest BCUT2D eigenvalue weighted by molar-refractivity contribution is 5.85. The van der Waals surface area contributed by atoms with Crippen LogP contribution >= 0.6 is 0 Å². The number of carbonyl (C=O) groups excluding carboxylic acids is 1. The molecule has 5 atom stereocenters. The molecule has 7 nitrogen and oxygen atoms in total. The number of aromatic nitrogens is 2. The van der Waals surface area contributed by atoms with Gasteiger partial charge in [0, 0.05) is 12.6 Å². The number of carbonyl (C=O) groups is 1. The van der Waals surface area contributed by atoms with Crippen LogP contribution in [0.5, 0.6) is 0 Å². The van der Waals surface area contributed by atoms with Crippen LogP contribution in [-0.2, 0) is 9.53 Å². The van der Waals surface area contributed by atoms with E-state index in [4.69, 9.17) is 0 Å². The van der Waals surface area contributed by atoms with Crippen molar-refractivity contribution in [2.75, 3.05) is 29.9 Å². The van der Waals surface area contributed by atoms with Gasteiger partial charge < -0.3 is 15.1 Å². The lowest BCUT2D eigenvalue weighted by molar-refractivity contribution is -0.359. The summed E-state index contributed by atoms with van der Waals surface area (Å²) in [6, 6.07) is -0.0331. The highest BCUT2D eigenvalue weighted by Crippen LogP contribution is 2.29. The molecule has 3 rings (SSSR count). The first kappa shape index (κ1) is 20.5. The Morgan fingerprint density at radius 1 is 1.25 bits per heavy atom. The van der Waals surface area contributed by atoms with Crippen molar-refractivity contribution in [3.05, 3.63) is 12.4 Å². The van der Waals surface area contributed by atoms with Gasteiger partial charge in [0.2, 0.25) is 5.91 Å². The van der Waals surface area contributed by atoms with E-state index in [1.165, 1.54) is 29.1 Å². The van der Waals surface area contributed by atoms with Crippen LogP contribution in [0.1, 0.15) is 13.8 Å². The van der Waals surface area contributed by atoms with Crippen molar-refractivity contribution in [3.8, 4) is 0 Å². The van der Waals surface area contributed by atoms with Gasteiger partial charge in [0.25, 0.3) is 0 Å². The average Bonchev–Trinajstić information content (AvgIpc) is 2.96. The van der Waals surface area contributed by atoms with Gasteiger partial charge in [0.05, 0.1) is 19.1 Å². The first-order valence-corrected chi connectivity index (χ1v) is 8.72. The van der Waals surface area contributed by atoms with E-state index in [1.807, 2.05) is 0 Å². The normalized spacial score (nSPS) is 28.8. The van der Waals surface area contributed by atoms with Crippen LogP contribution in [0.2, 0.25) is 0 Å². The fraction of sp³-hybridized carbons (Fsp3) is 0.688. The third-order valence-corrected chi connectivity index (χ3v) is 4.87. The summed E-state index contributed by atoms with van der Waals surface area (Å²) in [6.07, 6.45) is -7.83. The third kappa shape index (κ3) is 4.42. The zero-order chi connectivity index (χ0) is 20.6. The molecule has 2 saturated heterocycles. The minimum absolute atomic E-state index is 0.127. The van der Waals surface area contributed by atoms with Crippen LogP contribution in [0, 0.1) is 0 Å². The number of nitrogens with one attached hydrogen (secondary N) is 1. The molecular weight excluding hydrogens is 389 g/mol. The van der Waals surface area contributed by atoms with Crippen LogP contribution < -0.4 is 10.2 Å². The second-order valence-electron chi connectivity index (χ2n) is 6.90. The highest BCUT2D eigenvalue weighted by Gasteiger charge is 2.46. The summed E-state index contributed by atoms with van der Waals surface area (Å²) >= 11 is 0. The number of likely N-dealkylation sites (tertiary alicyclic amines) is 1. The Bertz CT molecular complexity index is 711. The lowest BCUT2D eigenvalue weighted by Crippen LogP contribution is -2.64. The Morgan fingerprint density at radius 2 is 1.89 bits per heavy atom. The maximum atomic E-state index is 13.4. The number of rotatable bonds is 5. The fourth-order valence-electron chi connectivity index (χ4n) is 3.22. The maximum absolute atomic E-state index is 13.4. The minimum Gasteiger partial charge on any atom is -0.358 e. The zero-order valence-electron chi connectivity index (χ0n) is 15.2. The SMILES string of the molecule is C[C@@H](Nc1cc(N2C[C@@H](F)[C@@H](F)C2)ncn1)C(=O)N1C[C@H](OC(F)(F)F)[C@@H]1C. The number of alkyl halides is 5. The molecule has 1 N–H and O–H groups in total. The van der Waals surface area contributed by atoms with Gasteiger partial charge in [-0.1, -0.05) is 0 Å². The lowest BCUT2D eigenvalue weighted by atomic mass is 10.00. The van der Waals surface area contributed by atoms with Crippen molar-refractivity contribution in [2.24, 2.45) is 0 Å². The Labute approximate surface area is 157 Å². The molecule has 0 bridgehead atoms. The summed E-state index contributed by atoms with van der Waals surface area (Å²) in [5.41, 5.74) is 0. The van der Waals surface area contributed by atoms with Crippen LogP contribution in [0.25, 0.3) is 0 Å². The number of ether oxygens (including phenoxy) is 1. The number of halogens is 5. The number of hydrogen-bond acceptors (Lipinski definition) is 6. The molecular formula is C16H20F5N5O2. The summed E-state index contributed by atoms with van der Waals surface area (Å²) in [6.45, 7) is 2.60. The molecule has 2 aliphatic heterocycles. The molecule has 0 saturated carbocycles. The van der Waals surface area contributed by atoms with E-state index in [-0.39, 0.29) is 25.5 Å². The van der Waals surface area contributed by atoms with Crippen LogP contribution in [-0.4, -0.2) is 77.3 Å². The second-order valence-corrected chi connectivity index (χ2v) is 6.90. The molecule has 156 valence electrons. The monoisotopic (exact) mass is 409 g/mol. The van der Waals surface area contributed by atoms with E-state index >= 15 is 0 Å². The van der Waals surface area contributed by atoms with Crippen molar-refractivity contribution in [1.29, 1.82) is 0 Å². The smallest absolute Gasteiger partial charge is 0.358 e. The molecule has 1 amide bonds. The molecule has 3 heterocycles. The Balaban J connectivity index is 1.57. The van der Waals surface area contributed by atoms with E-state index in [0.717, 1.165) is 0 Å². The molecule has 1 aromatic heterocycles. The number of amides is 1. The number of nitrogens with zero attached hydrogens (tertiary/aromatic N) is 4. The Kier molecular flexibility index (Phi) is 5.60. The van der Waals surface area contributed by atoms with Crippen molar-refractivity contribution in [3.63, 3.8) is 0 Å². The summed E-state index contributed by atoms with van der Waals surface area (Å²) in [7, 11) is 0. The zero-order valence-corrected chi connectivity index (χ0v) is 15.2. The van der Waals surface area contributed by atoms with Gasteiger partial charge >= 0.3 is 6.36 Å². The van der Waals surface area contributed by atoms with Gasteiger partial charge in [-0.3, -0.25) is 9.53 Å². The van der Waals surface area contributed by atoms with Crippen LogP contribution in [0.4, 0.5) is 33.6 Å². The predicted octanol–water partition coefficient (Wildman–Crippen LogP) is 1.91. The number of hydrogen-bond donors (Lipinski definition) is 1. The molecule has 12 heteroatoms. The molecule has 0 radical (unpaired) electrons.